The minimum Gasteiger partial charge on any atom is -0.258 e. The molecule has 0 saturated carbocycles. The minimum absolute atomic E-state index is 1.18. The number of aryl methyl sites for hydroxylation is 3. The molecule has 0 saturated heterocycles. The molecule has 0 aliphatic heterocycles. The molecule has 0 fully saturated rings. The average Bonchev–Trinajstić information content (AvgIpc) is 3.07. The normalized spacial score (nSPS) is 11.5. The molecule has 1 aromatic heterocycles. The van der Waals surface area contributed by atoms with Crippen LogP contribution < -0.4 is 0 Å². The van der Waals surface area contributed by atoms with Gasteiger partial charge in [-0.15, -0.1) is 0 Å². The topological polar surface area (TPSA) is 12.9 Å². The summed E-state index contributed by atoms with van der Waals surface area (Å²) >= 11 is 0. The Morgan fingerprint density at radius 1 is 0.283 bits per heavy atom. The van der Waals surface area contributed by atoms with Crippen LogP contribution in [0, 0.1) is 0 Å². The van der Waals surface area contributed by atoms with Crippen LogP contribution >= 0.6 is 0 Å². The van der Waals surface area contributed by atoms with Crippen molar-refractivity contribution >= 4 is 0 Å². The first-order chi connectivity index (χ1) is 22.8. The van der Waals surface area contributed by atoms with Crippen LogP contribution in [-0.4, -0.2) is 4.98 Å². The van der Waals surface area contributed by atoms with Crippen molar-refractivity contribution in [3.63, 3.8) is 0 Å². The summed E-state index contributed by atoms with van der Waals surface area (Å²) < 4.78 is 0. The van der Waals surface area contributed by atoms with Gasteiger partial charge in [0.25, 0.3) is 0 Å². The first kappa shape index (κ1) is 43.2. The first-order valence-corrected chi connectivity index (χ1v) is 21.8. The molecule has 0 radical (unpaired) electrons. The molecular weight excluding hydrogens is 555 g/mol. The van der Waals surface area contributed by atoms with Gasteiger partial charge in [-0.2, -0.15) is 0 Å². The molecule has 0 N–H and O–H groups in total. The van der Waals surface area contributed by atoms with Crippen molar-refractivity contribution in [3.05, 3.63) is 29.1 Å². The van der Waals surface area contributed by atoms with Gasteiger partial charge in [-0.1, -0.05) is 220 Å². The van der Waals surface area contributed by atoms with Crippen LogP contribution in [0.25, 0.3) is 0 Å². The second-order valence-corrected chi connectivity index (χ2v) is 15.2. The van der Waals surface area contributed by atoms with E-state index in [0.717, 1.165) is 0 Å². The molecule has 0 bridgehead atoms. The highest BCUT2D eigenvalue weighted by molar-refractivity contribution is 5.22. The highest BCUT2D eigenvalue weighted by Crippen LogP contribution is 2.18. The third-order valence-electron chi connectivity index (χ3n) is 10.4. The molecular formula is C45H85N. The average molecular weight is 640 g/mol. The lowest BCUT2D eigenvalue weighted by Gasteiger charge is -2.10. The molecule has 0 aromatic carbocycles. The van der Waals surface area contributed by atoms with E-state index in [9.17, 15) is 0 Å². The van der Waals surface area contributed by atoms with Crippen molar-refractivity contribution in [1.82, 2.24) is 4.98 Å². The predicted molar refractivity (Wildman–Crippen MR) is 209 cm³/mol. The Bertz CT molecular complexity index is 669. The summed E-state index contributed by atoms with van der Waals surface area (Å²) in [6.07, 6.45) is 52.2. The van der Waals surface area contributed by atoms with E-state index in [1.54, 1.807) is 5.56 Å². The van der Waals surface area contributed by atoms with Gasteiger partial charge >= 0.3 is 0 Å². The van der Waals surface area contributed by atoms with Gasteiger partial charge in [0.05, 0.1) is 0 Å². The molecule has 1 aromatic rings. The van der Waals surface area contributed by atoms with E-state index in [4.69, 9.17) is 4.98 Å². The van der Waals surface area contributed by atoms with Crippen molar-refractivity contribution in [2.45, 2.75) is 258 Å². The van der Waals surface area contributed by atoms with Gasteiger partial charge in [0.2, 0.25) is 0 Å². The number of nitrogens with zero attached hydrogens (tertiary/aromatic N) is 1. The highest BCUT2D eigenvalue weighted by atomic mass is 14.7. The van der Waals surface area contributed by atoms with E-state index in [1.807, 2.05) is 0 Å². The van der Waals surface area contributed by atoms with Crippen molar-refractivity contribution in [2.24, 2.45) is 0 Å². The summed E-state index contributed by atoms with van der Waals surface area (Å²) in [5.74, 6) is 0. The number of pyridine rings is 1. The van der Waals surface area contributed by atoms with Gasteiger partial charge in [-0.05, 0) is 56.2 Å². The Balaban J connectivity index is 2.06. The van der Waals surface area contributed by atoms with E-state index in [-0.39, 0.29) is 0 Å². The second-order valence-electron chi connectivity index (χ2n) is 15.2. The molecule has 0 amide bonds. The van der Waals surface area contributed by atoms with Crippen LogP contribution in [-0.2, 0) is 19.3 Å². The summed E-state index contributed by atoms with van der Waals surface area (Å²) in [5, 5.41) is 0. The zero-order valence-electron chi connectivity index (χ0n) is 32.3. The highest BCUT2D eigenvalue weighted by Gasteiger charge is 2.05. The quantitative estimate of drug-likeness (QED) is 0.0660. The van der Waals surface area contributed by atoms with E-state index >= 15 is 0 Å². The molecule has 0 aliphatic rings. The van der Waals surface area contributed by atoms with Crippen molar-refractivity contribution in [3.8, 4) is 0 Å². The number of hydrogen-bond acceptors (Lipinski definition) is 1. The molecule has 0 aliphatic carbocycles. The van der Waals surface area contributed by atoms with Crippen LogP contribution in [0.2, 0.25) is 0 Å². The van der Waals surface area contributed by atoms with Gasteiger partial charge in [0.15, 0.2) is 0 Å². The summed E-state index contributed by atoms with van der Waals surface area (Å²) in [5.41, 5.74) is 4.31. The third-order valence-corrected chi connectivity index (χ3v) is 10.4. The van der Waals surface area contributed by atoms with E-state index in [1.165, 1.54) is 249 Å². The van der Waals surface area contributed by atoms with Gasteiger partial charge in [0.1, 0.15) is 0 Å². The van der Waals surface area contributed by atoms with Crippen LogP contribution in [0.15, 0.2) is 12.1 Å². The maximum absolute atomic E-state index is 5.16. The van der Waals surface area contributed by atoms with Gasteiger partial charge in [-0.25, -0.2) is 0 Å². The fraction of sp³-hybridized carbons (Fsp3) is 0.889. The van der Waals surface area contributed by atoms with Crippen molar-refractivity contribution in [2.75, 3.05) is 0 Å². The molecule has 1 heteroatoms. The number of unbranched alkanes of at least 4 members (excludes halogenated alkanes) is 31. The lowest BCUT2D eigenvalue weighted by atomic mass is 10.0. The molecule has 1 nitrogen and oxygen atoms in total. The van der Waals surface area contributed by atoms with E-state index in [0.29, 0.717) is 0 Å². The lowest BCUT2D eigenvalue weighted by molar-refractivity contribution is 0.528. The minimum atomic E-state index is 1.18. The van der Waals surface area contributed by atoms with Crippen LogP contribution in [0.1, 0.15) is 256 Å². The zero-order valence-corrected chi connectivity index (χ0v) is 32.3. The summed E-state index contributed by atoms with van der Waals surface area (Å²) in [7, 11) is 0. The molecule has 0 spiro atoms. The molecule has 1 heterocycles. The number of aromatic nitrogens is 1. The number of rotatable bonds is 37. The molecule has 1 rings (SSSR count). The maximum atomic E-state index is 5.16. The van der Waals surface area contributed by atoms with Crippen molar-refractivity contribution in [1.29, 1.82) is 0 Å². The fourth-order valence-electron chi connectivity index (χ4n) is 7.21. The smallest absolute Gasteiger partial charge is 0.0409 e. The summed E-state index contributed by atoms with van der Waals surface area (Å²) in [6.45, 7) is 6.93. The Hall–Kier alpha value is -0.850. The van der Waals surface area contributed by atoms with Crippen LogP contribution in [0.4, 0.5) is 0 Å². The van der Waals surface area contributed by atoms with Crippen molar-refractivity contribution < 1.29 is 0 Å². The first-order valence-electron chi connectivity index (χ1n) is 21.8. The SMILES string of the molecule is CCCCCCCCCCCCCCCCCCc1cc(CCCC)cc(CCCCCCCCCCCCCCCCCC)n1. The molecule has 0 atom stereocenters. The summed E-state index contributed by atoms with van der Waals surface area (Å²) in [4.78, 5) is 5.16. The molecule has 270 valence electrons. The van der Waals surface area contributed by atoms with Gasteiger partial charge < -0.3 is 0 Å². The molecule has 0 unspecified atom stereocenters. The Morgan fingerprint density at radius 3 is 0.783 bits per heavy atom. The largest absolute Gasteiger partial charge is 0.258 e. The predicted octanol–water partition coefficient (Wildman–Crippen LogP) is 16.0. The Labute approximate surface area is 291 Å². The van der Waals surface area contributed by atoms with Crippen LogP contribution in [0.5, 0.6) is 0 Å². The third kappa shape index (κ3) is 29.3. The molecule has 46 heavy (non-hydrogen) atoms. The van der Waals surface area contributed by atoms with Crippen LogP contribution in [0.3, 0.4) is 0 Å². The van der Waals surface area contributed by atoms with Gasteiger partial charge in [0, 0.05) is 11.4 Å². The fourth-order valence-corrected chi connectivity index (χ4v) is 7.21. The standard InChI is InChI=1S/C45H85N/c1-4-7-10-12-14-16-18-20-22-24-26-28-30-32-34-36-39-44-41-43(38-9-6-3)42-45(46-44)40-37-35-33-31-29-27-25-23-21-19-17-15-13-11-8-5-2/h41-42H,4-40H2,1-3H3. The zero-order chi connectivity index (χ0) is 33.0. The Kier molecular flexibility index (Phi) is 33.3. The van der Waals surface area contributed by atoms with E-state index in [2.05, 4.69) is 32.9 Å². The monoisotopic (exact) mass is 640 g/mol. The maximum Gasteiger partial charge on any atom is 0.0409 e. The lowest BCUT2D eigenvalue weighted by Crippen LogP contribution is -2.00. The summed E-state index contributed by atoms with van der Waals surface area (Å²) in [6, 6.07) is 4.88. The van der Waals surface area contributed by atoms with Gasteiger partial charge in [-0.3, -0.25) is 4.98 Å². The van der Waals surface area contributed by atoms with E-state index < -0.39 is 0 Å². The Morgan fingerprint density at radius 2 is 0.522 bits per heavy atom. The number of hydrogen-bond donors (Lipinski definition) is 0. The second kappa shape index (κ2) is 35.5.